The van der Waals surface area contributed by atoms with Crippen molar-refractivity contribution in [1.82, 2.24) is 9.97 Å². The van der Waals surface area contributed by atoms with Gasteiger partial charge < -0.3 is 10.2 Å². The van der Waals surface area contributed by atoms with Crippen LogP contribution in [-0.2, 0) is 17.4 Å². The van der Waals surface area contributed by atoms with Crippen molar-refractivity contribution in [3.05, 3.63) is 60.2 Å². The van der Waals surface area contributed by atoms with Crippen LogP contribution in [0.2, 0.25) is 0 Å². The van der Waals surface area contributed by atoms with E-state index in [2.05, 4.69) is 9.97 Å². The molecular formula is C12H10CrN2O4. The van der Waals surface area contributed by atoms with Gasteiger partial charge in [0.2, 0.25) is 0 Å². The van der Waals surface area contributed by atoms with Gasteiger partial charge in [0.25, 0.3) is 0 Å². The Morgan fingerprint density at radius 2 is 1.21 bits per heavy atom. The predicted octanol–water partition coefficient (Wildman–Crippen LogP) is 1.56. The first-order chi connectivity index (χ1) is 8.61. The van der Waals surface area contributed by atoms with Crippen molar-refractivity contribution in [3.8, 4) is 0 Å². The molecule has 0 aliphatic rings. The zero-order chi connectivity index (χ0) is 13.4. The maximum atomic E-state index is 10.2. The van der Waals surface area contributed by atoms with Crippen LogP contribution >= 0.6 is 0 Å². The summed E-state index contributed by atoms with van der Waals surface area (Å²) in [6, 6.07) is 6.16. The number of aromatic nitrogens is 2. The van der Waals surface area contributed by atoms with Gasteiger partial charge in [-0.2, -0.15) is 0 Å². The molecule has 0 aliphatic carbocycles. The molecule has 0 amide bonds. The van der Waals surface area contributed by atoms with E-state index in [0.29, 0.717) is 0 Å². The molecule has 0 spiro atoms. The van der Waals surface area contributed by atoms with Gasteiger partial charge in [0, 0.05) is 42.1 Å². The van der Waals surface area contributed by atoms with Crippen LogP contribution in [-0.4, -0.2) is 32.1 Å². The molecule has 0 fully saturated rings. The molecule has 0 saturated carbocycles. The largest absolute Gasteiger partial charge is 0.478 e. The molecule has 0 aliphatic heterocycles. The number of hydrogen-bond donors (Lipinski definition) is 2. The number of rotatable bonds is 2. The Morgan fingerprint density at radius 3 is 1.37 bits per heavy atom. The van der Waals surface area contributed by atoms with Gasteiger partial charge in [0.15, 0.2) is 0 Å². The van der Waals surface area contributed by atoms with E-state index < -0.39 is 11.9 Å². The number of carboxylic acid groups (broad SMARTS) is 2. The molecule has 0 unspecified atom stereocenters. The van der Waals surface area contributed by atoms with E-state index in [0.717, 1.165) is 0 Å². The third-order valence-electron chi connectivity index (χ3n) is 1.82. The van der Waals surface area contributed by atoms with E-state index in [9.17, 15) is 9.59 Å². The molecule has 0 aromatic carbocycles. The van der Waals surface area contributed by atoms with Crippen molar-refractivity contribution >= 4 is 11.9 Å². The van der Waals surface area contributed by atoms with Crippen LogP contribution in [0.4, 0.5) is 0 Å². The third kappa shape index (κ3) is 6.31. The van der Waals surface area contributed by atoms with Crippen LogP contribution in [0.25, 0.3) is 0 Å². The number of hydrogen-bond acceptors (Lipinski definition) is 4. The van der Waals surface area contributed by atoms with Gasteiger partial charge in [0.1, 0.15) is 0 Å². The molecule has 19 heavy (non-hydrogen) atoms. The molecule has 7 heteroatoms. The average molecular weight is 298 g/mol. The van der Waals surface area contributed by atoms with Gasteiger partial charge in [-0.15, -0.1) is 0 Å². The first-order valence-electron chi connectivity index (χ1n) is 4.88. The number of carboxylic acids is 2. The standard InChI is InChI=1S/2C6H5NO2.Cr/c2*8-6(9)5-2-1-3-7-4-5;/h2*1-4H,(H,8,9);. The normalized spacial score (nSPS) is 8.42. The SMILES string of the molecule is O=C(O)c1cccnc1.O=C(O)c1cccnc1.[Cr]. The summed E-state index contributed by atoms with van der Waals surface area (Å²) in [5.41, 5.74) is 0.440. The van der Waals surface area contributed by atoms with Gasteiger partial charge in [-0.05, 0) is 24.3 Å². The topological polar surface area (TPSA) is 100 Å². The van der Waals surface area contributed by atoms with E-state index in [1.165, 1.54) is 36.9 Å². The fourth-order valence-electron chi connectivity index (χ4n) is 0.979. The van der Waals surface area contributed by atoms with Crippen LogP contribution in [0, 0.1) is 0 Å². The molecule has 2 aromatic rings. The summed E-state index contributed by atoms with van der Waals surface area (Å²) in [6.07, 6.45) is 5.68. The Hall–Kier alpha value is -2.23. The monoisotopic (exact) mass is 298 g/mol. The van der Waals surface area contributed by atoms with Crippen molar-refractivity contribution in [2.45, 2.75) is 0 Å². The summed E-state index contributed by atoms with van der Waals surface area (Å²) in [6.45, 7) is 0. The second kappa shape index (κ2) is 8.80. The number of nitrogens with zero attached hydrogens (tertiary/aromatic N) is 2. The van der Waals surface area contributed by atoms with Crippen LogP contribution in [0.3, 0.4) is 0 Å². The smallest absolute Gasteiger partial charge is 0.337 e. The van der Waals surface area contributed by atoms with E-state index >= 15 is 0 Å². The molecule has 2 N–H and O–H groups in total. The predicted molar refractivity (Wildman–Crippen MR) is 62.4 cm³/mol. The van der Waals surface area contributed by atoms with E-state index in [4.69, 9.17) is 10.2 Å². The molecule has 2 rings (SSSR count). The van der Waals surface area contributed by atoms with E-state index in [1.807, 2.05) is 0 Å². The summed E-state index contributed by atoms with van der Waals surface area (Å²) in [7, 11) is 0. The van der Waals surface area contributed by atoms with Crippen LogP contribution in [0.1, 0.15) is 20.7 Å². The Morgan fingerprint density at radius 1 is 0.842 bits per heavy atom. The summed E-state index contributed by atoms with van der Waals surface area (Å²) >= 11 is 0. The van der Waals surface area contributed by atoms with Crippen molar-refractivity contribution in [1.29, 1.82) is 0 Å². The molecular weight excluding hydrogens is 288 g/mol. The second-order valence-electron chi connectivity index (χ2n) is 3.09. The molecule has 0 atom stereocenters. The second-order valence-corrected chi connectivity index (χ2v) is 3.09. The minimum atomic E-state index is -0.942. The maximum Gasteiger partial charge on any atom is 0.337 e. The molecule has 0 bridgehead atoms. The number of aromatic carboxylic acids is 2. The van der Waals surface area contributed by atoms with Gasteiger partial charge >= 0.3 is 11.9 Å². The van der Waals surface area contributed by atoms with Gasteiger partial charge in [-0.1, -0.05) is 0 Å². The van der Waals surface area contributed by atoms with Gasteiger partial charge in [-0.3, -0.25) is 9.97 Å². The van der Waals surface area contributed by atoms with Crippen molar-refractivity contribution < 1.29 is 37.2 Å². The fourth-order valence-corrected chi connectivity index (χ4v) is 0.979. The van der Waals surface area contributed by atoms with Crippen LogP contribution < -0.4 is 0 Å². The van der Waals surface area contributed by atoms with E-state index in [-0.39, 0.29) is 28.5 Å². The molecule has 2 heterocycles. The molecule has 6 nitrogen and oxygen atoms in total. The molecule has 0 saturated heterocycles. The minimum absolute atomic E-state index is 0. The average Bonchev–Trinajstić information content (AvgIpc) is 2.41. The fraction of sp³-hybridized carbons (Fsp3) is 0. The van der Waals surface area contributed by atoms with Crippen LogP contribution in [0.15, 0.2) is 49.1 Å². The number of carbonyl (C=O) groups is 2. The third-order valence-corrected chi connectivity index (χ3v) is 1.82. The maximum absolute atomic E-state index is 10.2. The van der Waals surface area contributed by atoms with Crippen LogP contribution in [0.5, 0.6) is 0 Å². The zero-order valence-electron chi connectivity index (χ0n) is 9.63. The van der Waals surface area contributed by atoms with Crippen molar-refractivity contribution in [2.75, 3.05) is 0 Å². The molecule has 2 aromatic heterocycles. The molecule has 0 radical (unpaired) electrons. The van der Waals surface area contributed by atoms with E-state index in [1.54, 1.807) is 12.1 Å². The summed E-state index contributed by atoms with van der Waals surface area (Å²) in [5.74, 6) is -1.88. The molecule has 98 valence electrons. The van der Waals surface area contributed by atoms with Gasteiger partial charge in [-0.25, -0.2) is 9.59 Å². The van der Waals surface area contributed by atoms with Crippen molar-refractivity contribution in [2.24, 2.45) is 0 Å². The quantitative estimate of drug-likeness (QED) is 0.872. The summed E-state index contributed by atoms with van der Waals surface area (Å²) in [5, 5.41) is 16.7. The minimum Gasteiger partial charge on any atom is -0.478 e. The first kappa shape index (κ1) is 16.8. The summed E-state index contributed by atoms with van der Waals surface area (Å²) in [4.78, 5) is 27.6. The Labute approximate surface area is 119 Å². The Balaban J connectivity index is 0.000000324. The van der Waals surface area contributed by atoms with Crippen molar-refractivity contribution in [3.63, 3.8) is 0 Å². The van der Waals surface area contributed by atoms with Gasteiger partial charge in [0.05, 0.1) is 11.1 Å². The number of pyridine rings is 2. The Bertz CT molecular complexity index is 470. The first-order valence-corrected chi connectivity index (χ1v) is 4.88. The zero-order valence-corrected chi connectivity index (χ0v) is 10.9. The Kier molecular flexibility index (Phi) is 7.77. The summed E-state index contributed by atoms with van der Waals surface area (Å²) < 4.78 is 0.